The van der Waals surface area contributed by atoms with E-state index in [1.807, 2.05) is 26.0 Å². The van der Waals surface area contributed by atoms with Crippen molar-refractivity contribution in [3.05, 3.63) is 40.5 Å². The lowest BCUT2D eigenvalue weighted by Crippen LogP contribution is -2.19. The number of fused-ring (bicyclic) bond motifs is 1. The molecule has 108 valence electrons. The van der Waals surface area contributed by atoms with Crippen LogP contribution in [-0.2, 0) is 11.8 Å². The largest absolute Gasteiger partial charge is 0.493 e. The molecule has 2 nitrogen and oxygen atoms in total. The summed E-state index contributed by atoms with van der Waals surface area (Å²) in [6.45, 7) is 11.2. The number of rotatable bonds is 2. The molecular weight excluding hydrogens is 248 g/mol. The molecule has 0 N–H and O–H groups in total. The van der Waals surface area contributed by atoms with Crippen molar-refractivity contribution in [3.8, 4) is 5.75 Å². The molecule has 1 aliphatic rings. The van der Waals surface area contributed by atoms with Crippen LogP contribution in [0.1, 0.15) is 62.5 Å². The summed E-state index contributed by atoms with van der Waals surface area (Å²) in [7, 11) is 0. The van der Waals surface area contributed by atoms with Crippen LogP contribution in [0.4, 0.5) is 0 Å². The zero-order valence-electron chi connectivity index (χ0n) is 13.2. The van der Waals surface area contributed by atoms with Crippen LogP contribution in [0.15, 0.2) is 23.8 Å². The molecule has 0 saturated carbocycles. The molecule has 1 aromatic rings. The number of benzene rings is 1. The number of aryl methyl sites for hydroxylation is 1. The van der Waals surface area contributed by atoms with E-state index in [1.165, 1.54) is 5.56 Å². The molecule has 0 spiro atoms. The first-order chi connectivity index (χ1) is 9.29. The predicted molar refractivity (Wildman–Crippen MR) is 82.7 cm³/mol. The molecule has 20 heavy (non-hydrogen) atoms. The first kappa shape index (κ1) is 14.8. The van der Waals surface area contributed by atoms with Crippen LogP contribution in [0.2, 0.25) is 0 Å². The molecule has 0 bridgehead atoms. The van der Waals surface area contributed by atoms with Crippen LogP contribution in [0.5, 0.6) is 5.75 Å². The first-order valence-electron chi connectivity index (χ1n) is 7.28. The number of carbonyl (C=O) groups excluding carboxylic acids is 1. The molecule has 1 heterocycles. The third-order valence-electron chi connectivity index (χ3n) is 3.52. The predicted octanol–water partition coefficient (Wildman–Crippen LogP) is 4.46. The smallest absolute Gasteiger partial charge is 0.185 e. The Morgan fingerprint density at radius 1 is 1.25 bits per heavy atom. The maximum absolute atomic E-state index is 12.3. The van der Waals surface area contributed by atoms with Gasteiger partial charge in [-0.05, 0) is 55.9 Å². The molecule has 0 radical (unpaired) electrons. The van der Waals surface area contributed by atoms with E-state index in [1.54, 1.807) is 6.08 Å². The number of ketones is 1. The molecular formula is C18H24O2. The van der Waals surface area contributed by atoms with Gasteiger partial charge in [-0.3, -0.25) is 4.79 Å². The van der Waals surface area contributed by atoms with E-state index >= 15 is 0 Å². The van der Waals surface area contributed by atoms with E-state index in [4.69, 9.17) is 4.74 Å². The fourth-order valence-corrected chi connectivity index (χ4v) is 2.53. The zero-order valence-corrected chi connectivity index (χ0v) is 13.2. The molecule has 0 saturated heterocycles. The van der Waals surface area contributed by atoms with Crippen LogP contribution < -0.4 is 4.74 Å². The summed E-state index contributed by atoms with van der Waals surface area (Å²) in [5.41, 5.74) is 4.10. The SMILES string of the molecule is CC(C)=CC(=O)c1cc2c(c(C(C)(C)C)c1)OCCC2. The zero-order chi connectivity index (χ0) is 14.9. The molecule has 2 heteroatoms. The van der Waals surface area contributed by atoms with E-state index in [2.05, 4.69) is 20.8 Å². The molecule has 0 fully saturated rings. The average Bonchev–Trinajstić information content (AvgIpc) is 2.35. The van der Waals surface area contributed by atoms with Crippen LogP contribution in [0.25, 0.3) is 0 Å². The summed E-state index contributed by atoms with van der Waals surface area (Å²) in [5.74, 6) is 1.08. The summed E-state index contributed by atoms with van der Waals surface area (Å²) in [4.78, 5) is 12.3. The second kappa shape index (κ2) is 5.43. The monoisotopic (exact) mass is 272 g/mol. The Morgan fingerprint density at radius 2 is 1.95 bits per heavy atom. The van der Waals surface area contributed by atoms with Crippen molar-refractivity contribution in [2.75, 3.05) is 6.61 Å². The van der Waals surface area contributed by atoms with E-state index in [0.717, 1.165) is 41.9 Å². The second-order valence-electron chi connectivity index (χ2n) is 6.80. The maximum Gasteiger partial charge on any atom is 0.185 e. The minimum Gasteiger partial charge on any atom is -0.493 e. The van der Waals surface area contributed by atoms with Gasteiger partial charge in [-0.1, -0.05) is 26.3 Å². The number of allylic oxidation sites excluding steroid dienone is 2. The highest BCUT2D eigenvalue weighted by atomic mass is 16.5. The summed E-state index contributed by atoms with van der Waals surface area (Å²) in [5, 5.41) is 0. The summed E-state index contributed by atoms with van der Waals surface area (Å²) < 4.78 is 5.87. The van der Waals surface area contributed by atoms with Gasteiger partial charge >= 0.3 is 0 Å². The molecule has 1 aromatic carbocycles. The number of ether oxygens (including phenoxy) is 1. The van der Waals surface area contributed by atoms with E-state index in [0.29, 0.717) is 0 Å². The highest BCUT2D eigenvalue weighted by Gasteiger charge is 2.25. The lowest BCUT2D eigenvalue weighted by Gasteiger charge is -2.28. The Balaban J connectivity index is 2.56. The van der Waals surface area contributed by atoms with Gasteiger partial charge in [-0.25, -0.2) is 0 Å². The van der Waals surface area contributed by atoms with Gasteiger partial charge in [0.15, 0.2) is 5.78 Å². The van der Waals surface area contributed by atoms with Crippen LogP contribution in [-0.4, -0.2) is 12.4 Å². The van der Waals surface area contributed by atoms with Crippen LogP contribution >= 0.6 is 0 Å². The van der Waals surface area contributed by atoms with Crippen LogP contribution in [0, 0.1) is 0 Å². The Labute approximate surface area is 121 Å². The summed E-state index contributed by atoms with van der Waals surface area (Å²) in [6.07, 6.45) is 3.73. The third-order valence-corrected chi connectivity index (χ3v) is 3.52. The number of carbonyl (C=O) groups is 1. The lowest BCUT2D eigenvalue weighted by molar-refractivity contribution is 0.104. The van der Waals surface area contributed by atoms with E-state index < -0.39 is 0 Å². The van der Waals surface area contributed by atoms with Gasteiger partial charge in [0.2, 0.25) is 0 Å². The highest BCUT2D eigenvalue weighted by molar-refractivity contribution is 6.05. The van der Waals surface area contributed by atoms with Crippen molar-refractivity contribution in [3.63, 3.8) is 0 Å². The minimum atomic E-state index is -0.0251. The van der Waals surface area contributed by atoms with E-state index in [-0.39, 0.29) is 11.2 Å². The fourth-order valence-electron chi connectivity index (χ4n) is 2.53. The molecule has 0 aliphatic carbocycles. The van der Waals surface area contributed by atoms with Crippen molar-refractivity contribution in [2.24, 2.45) is 0 Å². The van der Waals surface area contributed by atoms with Crippen molar-refractivity contribution in [1.82, 2.24) is 0 Å². The number of hydrogen-bond acceptors (Lipinski definition) is 2. The number of hydrogen-bond donors (Lipinski definition) is 0. The van der Waals surface area contributed by atoms with Crippen molar-refractivity contribution in [1.29, 1.82) is 0 Å². The van der Waals surface area contributed by atoms with Gasteiger partial charge in [-0.2, -0.15) is 0 Å². The van der Waals surface area contributed by atoms with Crippen molar-refractivity contribution in [2.45, 2.75) is 52.9 Å². The Kier molecular flexibility index (Phi) is 4.03. The summed E-state index contributed by atoms with van der Waals surface area (Å²) in [6, 6.07) is 4.01. The first-order valence-corrected chi connectivity index (χ1v) is 7.28. The standard InChI is InChI=1S/C18H24O2/c1-12(2)9-16(19)14-10-13-7-6-8-20-17(13)15(11-14)18(3,4)5/h9-11H,6-8H2,1-5H3. The van der Waals surface area contributed by atoms with Crippen molar-refractivity contribution < 1.29 is 9.53 Å². The third kappa shape index (κ3) is 3.12. The topological polar surface area (TPSA) is 26.3 Å². The quantitative estimate of drug-likeness (QED) is 0.587. The molecule has 0 amide bonds. The Bertz CT molecular complexity index is 556. The normalized spacial score (nSPS) is 14.2. The molecule has 0 aromatic heterocycles. The second-order valence-corrected chi connectivity index (χ2v) is 6.80. The van der Waals surface area contributed by atoms with Gasteiger partial charge in [0, 0.05) is 11.1 Å². The van der Waals surface area contributed by atoms with Gasteiger partial charge in [0.05, 0.1) is 6.61 Å². The minimum absolute atomic E-state index is 0.0251. The van der Waals surface area contributed by atoms with Crippen molar-refractivity contribution >= 4 is 5.78 Å². The average molecular weight is 272 g/mol. The fraction of sp³-hybridized carbons (Fsp3) is 0.500. The molecule has 0 atom stereocenters. The molecule has 2 rings (SSSR count). The Hall–Kier alpha value is -1.57. The van der Waals surface area contributed by atoms with Gasteiger partial charge in [0.25, 0.3) is 0 Å². The summed E-state index contributed by atoms with van der Waals surface area (Å²) >= 11 is 0. The lowest BCUT2D eigenvalue weighted by atomic mass is 9.82. The van der Waals surface area contributed by atoms with Gasteiger partial charge in [-0.15, -0.1) is 0 Å². The Morgan fingerprint density at radius 3 is 2.55 bits per heavy atom. The van der Waals surface area contributed by atoms with Gasteiger partial charge < -0.3 is 4.74 Å². The van der Waals surface area contributed by atoms with Gasteiger partial charge in [0.1, 0.15) is 5.75 Å². The molecule has 0 unspecified atom stereocenters. The van der Waals surface area contributed by atoms with Crippen LogP contribution in [0.3, 0.4) is 0 Å². The van der Waals surface area contributed by atoms with E-state index in [9.17, 15) is 4.79 Å². The highest BCUT2D eigenvalue weighted by Crippen LogP contribution is 2.38. The molecule has 1 aliphatic heterocycles. The maximum atomic E-state index is 12.3.